The molecule has 0 spiro atoms. The molecule has 1 saturated heterocycles. The van der Waals surface area contributed by atoms with E-state index in [9.17, 15) is 4.79 Å². The number of hydrogen-bond donors (Lipinski definition) is 2. The number of rotatable bonds is 5. The molecule has 0 unspecified atom stereocenters. The number of pyridine rings is 1. The zero-order chi connectivity index (χ0) is 12.6. The molecule has 0 saturated carbocycles. The van der Waals surface area contributed by atoms with E-state index in [2.05, 4.69) is 15.6 Å². The number of aromatic nitrogens is 1. The Balaban J connectivity index is 1.57. The van der Waals surface area contributed by atoms with Gasteiger partial charge in [-0.05, 0) is 37.3 Å². The van der Waals surface area contributed by atoms with Gasteiger partial charge >= 0.3 is 6.03 Å². The molecule has 1 fully saturated rings. The summed E-state index contributed by atoms with van der Waals surface area (Å²) in [4.78, 5) is 15.5. The molecule has 0 bridgehead atoms. The smallest absolute Gasteiger partial charge is 0.319 e. The first-order valence-electron chi connectivity index (χ1n) is 6.37. The van der Waals surface area contributed by atoms with E-state index < -0.39 is 0 Å². The van der Waals surface area contributed by atoms with E-state index >= 15 is 0 Å². The molecular weight excluding hydrogens is 230 g/mol. The van der Waals surface area contributed by atoms with Gasteiger partial charge in [-0.3, -0.25) is 4.98 Å². The van der Waals surface area contributed by atoms with Gasteiger partial charge in [0, 0.05) is 26.0 Å². The van der Waals surface area contributed by atoms with Gasteiger partial charge in [0.1, 0.15) is 0 Å². The maximum Gasteiger partial charge on any atom is 0.319 e. The number of ether oxygens (including phenoxy) is 1. The highest BCUT2D eigenvalue weighted by Gasteiger charge is 2.14. The number of nitrogens with one attached hydrogen (secondary N) is 2. The normalized spacial score (nSPS) is 18.6. The number of hydrogen-bond acceptors (Lipinski definition) is 3. The van der Waals surface area contributed by atoms with Crippen LogP contribution in [0.15, 0.2) is 24.5 Å². The molecule has 1 atom stereocenters. The number of amides is 2. The van der Waals surface area contributed by atoms with Crippen LogP contribution in [0.5, 0.6) is 0 Å². The Kier molecular flexibility index (Phi) is 4.96. The summed E-state index contributed by atoms with van der Waals surface area (Å²) in [5.74, 6) is 0.674. The molecule has 2 amide bonds. The fraction of sp³-hybridized carbons (Fsp3) is 0.538. The standard InChI is InChI=1S/C13H19N3O2/c17-13(16-12-4-2-6-14-9-12)15-7-1-3-11-5-8-18-10-11/h2,4,6,9,11H,1,3,5,7-8,10H2,(H2,15,16,17)/t11-/m1/s1. The first kappa shape index (κ1) is 12.8. The molecule has 1 aromatic rings. The minimum atomic E-state index is -0.175. The largest absolute Gasteiger partial charge is 0.381 e. The van der Waals surface area contributed by atoms with Crippen LogP contribution in [0.1, 0.15) is 19.3 Å². The molecule has 5 heteroatoms. The van der Waals surface area contributed by atoms with E-state index in [4.69, 9.17) is 4.74 Å². The average Bonchev–Trinajstić information content (AvgIpc) is 2.89. The van der Waals surface area contributed by atoms with E-state index in [1.165, 1.54) is 0 Å². The molecule has 0 radical (unpaired) electrons. The second kappa shape index (κ2) is 6.96. The highest BCUT2D eigenvalue weighted by atomic mass is 16.5. The van der Waals surface area contributed by atoms with Gasteiger partial charge in [-0.1, -0.05) is 0 Å². The van der Waals surface area contributed by atoms with Gasteiger partial charge in [0.2, 0.25) is 0 Å². The summed E-state index contributed by atoms with van der Waals surface area (Å²) in [6.45, 7) is 2.46. The third kappa shape index (κ3) is 4.33. The Bertz CT molecular complexity index is 364. The number of carbonyl (C=O) groups is 1. The lowest BCUT2D eigenvalue weighted by atomic mass is 10.0. The summed E-state index contributed by atoms with van der Waals surface area (Å²) in [7, 11) is 0. The topological polar surface area (TPSA) is 63.2 Å². The Morgan fingerprint density at radius 2 is 2.50 bits per heavy atom. The van der Waals surface area contributed by atoms with E-state index in [-0.39, 0.29) is 6.03 Å². The van der Waals surface area contributed by atoms with E-state index in [1.807, 2.05) is 6.07 Å². The minimum Gasteiger partial charge on any atom is -0.381 e. The van der Waals surface area contributed by atoms with Crippen molar-refractivity contribution in [2.24, 2.45) is 5.92 Å². The maximum absolute atomic E-state index is 11.5. The van der Waals surface area contributed by atoms with Crippen LogP contribution in [0.4, 0.5) is 10.5 Å². The quantitative estimate of drug-likeness (QED) is 0.785. The van der Waals surface area contributed by atoms with Gasteiger partial charge < -0.3 is 15.4 Å². The van der Waals surface area contributed by atoms with E-state index in [0.29, 0.717) is 18.2 Å². The van der Waals surface area contributed by atoms with Crippen LogP contribution in [0.25, 0.3) is 0 Å². The number of nitrogens with zero attached hydrogens (tertiary/aromatic N) is 1. The molecule has 98 valence electrons. The first-order chi connectivity index (χ1) is 8.84. The maximum atomic E-state index is 11.5. The lowest BCUT2D eigenvalue weighted by Gasteiger charge is -2.09. The average molecular weight is 249 g/mol. The van der Waals surface area contributed by atoms with Crippen LogP contribution in [0.3, 0.4) is 0 Å². The highest BCUT2D eigenvalue weighted by Crippen LogP contribution is 2.17. The second-order valence-corrected chi connectivity index (χ2v) is 4.49. The predicted octanol–water partition coefficient (Wildman–Crippen LogP) is 2.02. The minimum absolute atomic E-state index is 0.175. The van der Waals surface area contributed by atoms with Gasteiger partial charge in [-0.25, -0.2) is 4.79 Å². The van der Waals surface area contributed by atoms with Gasteiger partial charge in [-0.15, -0.1) is 0 Å². The molecular formula is C13H19N3O2. The number of urea groups is 1. The van der Waals surface area contributed by atoms with Crippen molar-refractivity contribution in [1.82, 2.24) is 10.3 Å². The van der Waals surface area contributed by atoms with Crippen LogP contribution < -0.4 is 10.6 Å². The number of anilines is 1. The molecule has 0 aromatic carbocycles. The predicted molar refractivity (Wildman–Crippen MR) is 69.4 cm³/mol. The lowest BCUT2D eigenvalue weighted by molar-refractivity contribution is 0.184. The summed E-state index contributed by atoms with van der Waals surface area (Å²) in [5.41, 5.74) is 0.708. The fourth-order valence-electron chi connectivity index (χ4n) is 2.02. The van der Waals surface area contributed by atoms with Crippen LogP contribution in [0.2, 0.25) is 0 Å². The first-order valence-corrected chi connectivity index (χ1v) is 6.37. The third-order valence-electron chi connectivity index (χ3n) is 3.02. The molecule has 2 rings (SSSR count). The molecule has 2 heterocycles. The molecule has 18 heavy (non-hydrogen) atoms. The van der Waals surface area contributed by atoms with Crippen molar-refractivity contribution in [1.29, 1.82) is 0 Å². The molecule has 1 aromatic heterocycles. The van der Waals surface area contributed by atoms with Gasteiger partial charge in [0.05, 0.1) is 11.9 Å². The zero-order valence-electron chi connectivity index (χ0n) is 10.4. The van der Waals surface area contributed by atoms with Crippen molar-refractivity contribution in [2.45, 2.75) is 19.3 Å². The van der Waals surface area contributed by atoms with Gasteiger partial charge in [0.25, 0.3) is 0 Å². The van der Waals surface area contributed by atoms with Crippen LogP contribution in [-0.4, -0.2) is 30.8 Å². The molecule has 2 N–H and O–H groups in total. The van der Waals surface area contributed by atoms with Gasteiger partial charge in [0.15, 0.2) is 0 Å². The fourth-order valence-corrected chi connectivity index (χ4v) is 2.02. The lowest BCUT2D eigenvalue weighted by Crippen LogP contribution is -2.29. The summed E-state index contributed by atoms with van der Waals surface area (Å²) >= 11 is 0. The molecule has 0 aliphatic carbocycles. The van der Waals surface area contributed by atoms with E-state index in [1.54, 1.807) is 18.5 Å². The van der Waals surface area contributed by atoms with Gasteiger partial charge in [-0.2, -0.15) is 0 Å². The Labute approximate surface area is 107 Å². The highest BCUT2D eigenvalue weighted by molar-refractivity contribution is 5.88. The monoisotopic (exact) mass is 249 g/mol. The van der Waals surface area contributed by atoms with Crippen LogP contribution in [0, 0.1) is 5.92 Å². The van der Waals surface area contributed by atoms with Crippen molar-refractivity contribution in [2.75, 3.05) is 25.1 Å². The Hall–Kier alpha value is -1.62. The molecule has 1 aliphatic heterocycles. The Morgan fingerprint density at radius 3 is 3.22 bits per heavy atom. The van der Waals surface area contributed by atoms with Crippen molar-refractivity contribution in [3.63, 3.8) is 0 Å². The summed E-state index contributed by atoms with van der Waals surface area (Å²) in [6, 6.07) is 3.42. The zero-order valence-corrected chi connectivity index (χ0v) is 10.4. The SMILES string of the molecule is O=C(NCCC[C@@H]1CCOC1)Nc1cccnc1. The molecule has 1 aliphatic rings. The summed E-state index contributed by atoms with van der Waals surface area (Å²) in [6.07, 6.45) is 6.56. The van der Waals surface area contributed by atoms with Crippen molar-refractivity contribution < 1.29 is 9.53 Å². The van der Waals surface area contributed by atoms with Crippen molar-refractivity contribution in [3.05, 3.63) is 24.5 Å². The number of carbonyl (C=O) groups excluding carboxylic acids is 1. The van der Waals surface area contributed by atoms with Crippen LogP contribution >= 0.6 is 0 Å². The third-order valence-corrected chi connectivity index (χ3v) is 3.02. The summed E-state index contributed by atoms with van der Waals surface area (Å²) in [5, 5.41) is 5.57. The van der Waals surface area contributed by atoms with E-state index in [0.717, 1.165) is 32.5 Å². The van der Waals surface area contributed by atoms with Crippen molar-refractivity contribution >= 4 is 11.7 Å². The molecule has 5 nitrogen and oxygen atoms in total. The summed E-state index contributed by atoms with van der Waals surface area (Å²) < 4.78 is 5.31. The Morgan fingerprint density at radius 1 is 1.56 bits per heavy atom. The van der Waals surface area contributed by atoms with Crippen molar-refractivity contribution in [3.8, 4) is 0 Å². The van der Waals surface area contributed by atoms with Crippen LogP contribution in [-0.2, 0) is 4.74 Å². The second-order valence-electron chi connectivity index (χ2n) is 4.49.